The minimum atomic E-state index is -0.560. The van der Waals surface area contributed by atoms with Crippen LogP contribution in [0.3, 0.4) is 0 Å². The number of amides is 1. The van der Waals surface area contributed by atoms with Gasteiger partial charge in [-0.05, 0) is 36.6 Å². The summed E-state index contributed by atoms with van der Waals surface area (Å²) in [4.78, 5) is 12.2. The number of carbonyl (C=O) groups excluding carboxylic acids is 1. The maximum atomic E-state index is 12.2. The number of rotatable bonds is 8. The van der Waals surface area contributed by atoms with Gasteiger partial charge in [0.1, 0.15) is 11.5 Å². The monoisotopic (exact) mass is 340 g/mol. The molecule has 25 heavy (non-hydrogen) atoms. The SMILES string of the molecule is CCCCCC/C(=N/NC(=O)c1cc(O)ccc1O)c1ccccc1. The maximum Gasteiger partial charge on any atom is 0.275 e. The standard InChI is InChI=1S/C20H24N2O3/c1-2-3-4-8-11-18(15-9-6-5-7-10-15)21-22-20(25)17-14-16(23)12-13-19(17)24/h5-7,9-10,12-14,23-24H,2-4,8,11H2,1H3,(H,22,25)/b21-18-. The molecule has 0 atom stereocenters. The van der Waals surface area contributed by atoms with Crippen LogP contribution in [-0.2, 0) is 0 Å². The second-order valence-electron chi connectivity index (χ2n) is 5.88. The highest BCUT2D eigenvalue weighted by atomic mass is 16.3. The zero-order chi connectivity index (χ0) is 18.1. The van der Waals surface area contributed by atoms with Gasteiger partial charge < -0.3 is 10.2 Å². The van der Waals surface area contributed by atoms with Gasteiger partial charge in [-0.1, -0.05) is 56.5 Å². The van der Waals surface area contributed by atoms with E-state index in [4.69, 9.17) is 0 Å². The average Bonchev–Trinajstić information content (AvgIpc) is 2.63. The fraction of sp³-hybridized carbons (Fsp3) is 0.300. The lowest BCUT2D eigenvalue weighted by molar-refractivity contribution is 0.0951. The Hall–Kier alpha value is -2.82. The van der Waals surface area contributed by atoms with Crippen molar-refractivity contribution in [2.24, 2.45) is 5.10 Å². The van der Waals surface area contributed by atoms with E-state index in [1.807, 2.05) is 30.3 Å². The number of phenols is 2. The third-order valence-electron chi connectivity index (χ3n) is 3.89. The lowest BCUT2D eigenvalue weighted by Crippen LogP contribution is -2.20. The van der Waals surface area contributed by atoms with Gasteiger partial charge in [-0.25, -0.2) is 5.43 Å². The number of hydrogen-bond donors (Lipinski definition) is 3. The minimum absolute atomic E-state index is 0.0119. The van der Waals surface area contributed by atoms with Gasteiger partial charge in [0, 0.05) is 0 Å². The molecule has 1 amide bonds. The van der Waals surface area contributed by atoms with E-state index in [0.29, 0.717) is 0 Å². The van der Waals surface area contributed by atoms with Gasteiger partial charge in [0.05, 0.1) is 11.3 Å². The molecule has 5 heteroatoms. The summed E-state index contributed by atoms with van der Waals surface area (Å²) >= 11 is 0. The Bertz CT molecular complexity index is 727. The number of carbonyl (C=O) groups is 1. The van der Waals surface area contributed by atoms with E-state index in [1.165, 1.54) is 24.6 Å². The molecule has 0 unspecified atom stereocenters. The van der Waals surface area contributed by atoms with Gasteiger partial charge >= 0.3 is 0 Å². The number of aromatic hydroxyl groups is 2. The van der Waals surface area contributed by atoms with Crippen molar-refractivity contribution < 1.29 is 15.0 Å². The molecule has 0 aliphatic carbocycles. The Morgan fingerprint density at radius 2 is 1.80 bits per heavy atom. The van der Waals surface area contributed by atoms with Gasteiger partial charge in [0.25, 0.3) is 5.91 Å². The molecule has 3 N–H and O–H groups in total. The second kappa shape index (κ2) is 9.47. The number of unbranched alkanes of at least 4 members (excludes halogenated alkanes) is 3. The van der Waals surface area contributed by atoms with Crippen LogP contribution in [0.1, 0.15) is 54.9 Å². The number of nitrogens with one attached hydrogen (secondary N) is 1. The van der Waals surface area contributed by atoms with E-state index in [1.54, 1.807) is 0 Å². The topological polar surface area (TPSA) is 81.9 Å². The van der Waals surface area contributed by atoms with E-state index in [2.05, 4.69) is 17.5 Å². The second-order valence-corrected chi connectivity index (χ2v) is 5.88. The van der Waals surface area contributed by atoms with Crippen molar-refractivity contribution in [3.8, 4) is 11.5 Å². The van der Waals surface area contributed by atoms with E-state index in [9.17, 15) is 15.0 Å². The first-order chi connectivity index (χ1) is 12.1. The zero-order valence-corrected chi connectivity index (χ0v) is 14.4. The van der Waals surface area contributed by atoms with Crippen LogP contribution in [0.25, 0.3) is 0 Å². The molecule has 0 aliphatic rings. The summed E-state index contributed by atoms with van der Waals surface area (Å²) in [6.07, 6.45) is 5.20. The van der Waals surface area contributed by atoms with Gasteiger partial charge in [-0.3, -0.25) is 4.79 Å². The van der Waals surface area contributed by atoms with Crippen molar-refractivity contribution in [1.29, 1.82) is 0 Å². The number of benzene rings is 2. The molecule has 0 saturated heterocycles. The van der Waals surface area contributed by atoms with Crippen LogP contribution in [0.4, 0.5) is 0 Å². The zero-order valence-electron chi connectivity index (χ0n) is 14.4. The van der Waals surface area contributed by atoms with Crippen molar-refractivity contribution in [1.82, 2.24) is 5.43 Å². The van der Waals surface area contributed by atoms with Crippen molar-refractivity contribution >= 4 is 11.6 Å². The summed E-state index contributed by atoms with van der Waals surface area (Å²) in [5, 5.41) is 23.5. The molecule has 0 heterocycles. The Morgan fingerprint density at radius 1 is 1.04 bits per heavy atom. The molecule has 0 saturated carbocycles. The summed E-state index contributed by atoms with van der Waals surface area (Å²) in [6.45, 7) is 2.16. The van der Waals surface area contributed by atoms with E-state index in [0.717, 1.165) is 37.0 Å². The predicted molar refractivity (Wildman–Crippen MR) is 99.0 cm³/mol. The molecular formula is C20H24N2O3. The molecule has 0 fully saturated rings. The first-order valence-electron chi connectivity index (χ1n) is 8.56. The summed E-state index contributed by atoms with van der Waals surface area (Å²) in [7, 11) is 0. The van der Waals surface area contributed by atoms with Crippen molar-refractivity contribution in [2.45, 2.75) is 39.0 Å². The molecule has 0 radical (unpaired) electrons. The maximum absolute atomic E-state index is 12.2. The van der Waals surface area contributed by atoms with Crippen LogP contribution in [0.5, 0.6) is 11.5 Å². The molecule has 5 nitrogen and oxygen atoms in total. The molecule has 132 valence electrons. The number of hydrogen-bond acceptors (Lipinski definition) is 4. The largest absolute Gasteiger partial charge is 0.508 e. The first kappa shape index (κ1) is 18.5. The minimum Gasteiger partial charge on any atom is -0.508 e. The normalized spacial score (nSPS) is 11.3. The fourth-order valence-corrected chi connectivity index (χ4v) is 2.50. The third-order valence-corrected chi connectivity index (χ3v) is 3.89. The fourth-order valence-electron chi connectivity index (χ4n) is 2.50. The van der Waals surface area contributed by atoms with E-state index >= 15 is 0 Å². The number of hydrazone groups is 1. The molecule has 0 aromatic heterocycles. The van der Waals surface area contributed by atoms with Crippen LogP contribution >= 0.6 is 0 Å². The summed E-state index contributed by atoms with van der Waals surface area (Å²) in [5.74, 6) is -0.847. The Morgan fingerprint density at radius 3 is 2.52 bits per heavy atom. The van der Waals surface area contributed by atoms with Crippen LogP contribution in [0.2, 0.25) is 0 Å². The average molecular weight is 340 g/mol. The molecule has 0 aliphatic heterocycles. The summed E-state index contributed by atoms with van der Waals surface area (Å²) in [6, 6.07) is 13.5. The first-order valence-corrected chi connectivity index (χ1v) is 8.56. The molecule has 0 spiro atoms. The van der Waals surface area contributed by atoms with Gasteiger partial charge in [-0.2, -0.15) is 5.10 Å². The Labute approximate surface area is 148 Å². The number of phenolic OH excluding ortho intramolecular Hbond substituents is 2. The summed E-state index contributed by atoms with van der Waals surface area (Å²) in [5.41, 5.74) is 4.23. The van der Waals surface area contributed by atoms with Crippen LogP contribution < -0.4 is 5.43 Å². The van der Waals surface area contributed by atoms with Gasteiger partial charge in [-0.15, -0.1) is 0 Å². The number of nitrogens with zero attached hydrogens (tertiary/aromatic N) is 1. The Balaban J connectivity index is 2.13. The van der Waals surface area contributed by atoms with Crippen LogP contribution in [0, 0.1) is 0 Å². The van der Waals surface area contributed by atoms with E-state index < -0.39 is 5.91 Å². The molecule has 2 aromatic carbocycles. The predicted octanol–water partition coefficient (Wildman–Crippen LogP) is 4.20. The highest BCUT2D eigenvalue weighted by Crippen LogP contribution is 2.21. The highest BCUT2D eigenvalue weighted by molar-refractivity contribution is 6.02. The molecule has 2 rings (SSSR count). The summed E-state index contributed by atoms with van der Waals surface area (Å²) < 4.78 is 0. The van der Waals surface area contributed by atoms with Crippen LogP contribution in [0.15, 0.2) is 53.6 Å². The lowest BCUT2D eigenvalue weighted by atomic mass is 10.0. The lowest BCUT2D eigenvalue weighted by Gasteiger charge is -2.08. The quantitative estimate of drug-likeness (QED) is 0.291. The van der Waals surface area contributed by atoms with Crippen molar-refractivity contribution in [3.63, 3.8) is 0 Å². The smallest absolute Gasteiger partial charge is 0.275 e. The van der Waals surface area contributed by atoms with Gasteiger partial charge in [0.15, 0.2) is 0 Å². The van der Waals surface area contributed by atoms with Crippen LogP contribution in [-0.4, -0.2) is 21.8 Å². The van der Waals surface area contributed by atoms with E-state index in [-0.39, 0.29) is 17.1 Å². The molecule has 0 bridgehead atoms. The van der Waals surface area contributed by atoms with Crippen molar-refractivity contribution in [3.05, 3.63) is 59.7 Å². The molecule has 2 aromatic rings. The molecular weight excluding hydrogens is 316 g/mol. The van der Waals surface area contributed by atoms with Gasteiger partial charge in [0.2, 0.25) is 0 Å². The third kappa shape index (κ3) is 5.64. The highest BCUT2D eigenvalue weighted by Gasteiger charge is 2.12. The van der Waals surface area contributed by atoms with Crippen molar-refractivity contribution in [2.75, 3.05) is 0 Å². The Kier molecular flexibility index (Phi) is 7.01.